The Balaban J connectivity index is 2.44. The Bertz CT molecular complexity index is 581. The minimum absolute atomic E-state index is 0.626. The first kappa shape index (κ1) is 13.6. The first-order valence-corrected chi connectivity index (χ1v) is 6.86. The van der Waals surface area contributed by atoms with Crippen molar-refractivity contribution in [1.29, 1.82) is 0 Å². The summed E-state index contributed by atoms with van der Waals surface area (Å²) in [5.74, 6) is 0. The lowest BCUT2D eigenvalue weighted by molar-refractivity contribution is 0.219. The number of rotatable bonds is 2. The van der Waals surface area contributed by atoms with Crippen LogP contribution < -0.4 is 0 Å². The van der Waals surface area contributed by atoms with E-state index in [1.807, 2.05) is 44.2 Å². The molecule has 0 radical (unpaired) electrons. The third kappa shape index (κ3) is 2.77. The zero-order valence-corrected chi connectivity index (χ0v) is 12.6. The molecule has 0 saturated carbocycles. The van der Waals surface area contributed by atoms with Gasteiger partial charge in [-0.25, -0.2) is 0 Å². The smallest absolute Gasteiger partial charge is 0.104 e. The first-order chi connectivity index (χ1) is 8.49. The Kier molecular flexibility index (Phi) is 4.10. The SMILES string of the molecule is Cc1ccc(C)c(C(O)c2ccc(Cl)c(Br)c2)c1. The molecular formula is C15H14BrClO. The van der Waals surface area contributed by atoms with Crippen LogP contribution in [-0.4, -0.2) is 5.11 Å². The summed E-state index contributed by atoms with van der Waals surface area (Å²) in [6, 6.07) is 11.6. The third-order valence-corrected chi connectivity index (χ3v) is 4.20. The van der Waals surface area contributed by atoms with Crippen molar-refractivity contribution in [2.75, 3.05) is 0 Å². The molecule has 3 heteroatoms. The summed E-state index contributed by atoms with van der Waals surface area (Å²) in [6.07, 6.45) is -0.626. The highest BCUT2D eigenvalue weighted by atomic mass is 79.9. The fourth-order valence-corrected chi connectivity index (χ4v) is 2.43. The van der Waals surface area contributed by atoms with Gasteiger partial charge in [0.05, 0.1) is 5.02 Å². The van der Waals surface area contributed by atoms with Gasteiger partial charge in [0, 0.05) is 4.47 Å². The van der Waals surface area contributed by atoms with Crippen LogP contribution in [0, 0.1) is 13.8 Å². The van der Waals surface area contributed by atoms with E-state index in [4.69, 9.17) is 11.6 Å². The molecule has 2 aromatic rings. The van der Waals surface area contributed by atoms with Gasteiger partial charge in [0.1, 0.15) is 6.10 Å². The number of aliphatic hydroxyl groups excluding tert-OH is 1. The van der Waals surface area contributed by atoms with E-state index < -0.39 is 6.10 Å². The molecule has 0 aliphatic heterocycles. The highest BCUT2D eigenvalue weighted by Gasteiger charge is 2.14. The van der Waals surface area contributed by atoms with Crippen molar-refractivity contribution >= 4 is 27.5 Å². The molecule has 0 heterocycles. The van der Waals surface area contributed by atoms with Crippen LogP contribution in [0.5, 0.6) is 0 Å². The van der Waals surface area contributed by atoms with E-state index in [0.717, 1.165) is 26.7 Å². The lowest BCUT2D eigenvalue weighted by Crippen LogP contribution is -2.02. The van der Waals surface area contributed by atoms with E-state index in [1.54, 1.807) is 6.07 Å². The highest BCUT2D eigenvalue weighted by Crippen LogP contribution is 2.30. The number of aliphatic hydroxyl groups is 1. The zero-order valence-electron chi connectivity index (χ0n) is 10.2. The molecular weight excluding hydrogens is 312 g/mol. The molecule has 0 fully saturated rings. The summed E-state index contributed by atoms with van der Waals surface area (Å²) in [4.78, 5) is 0. The van der Waals surface area contributed by atoms with E-state index in [9.17, 15) is 5.11 Å². The van der Waals surface area contributed by atoms with Gasteiger partial charge in [0.2, 0.25) is 0 Å². The van der Waals surface area contributed by atoms with Crippen LogP contribution in [0.15, 0.2) is 40.9 Å². The molecule has 18 heavy (non-hydrogen) atoms. The molecule has 1 atom stereocenters. The standard InChI is InChI=1S/C15H14BrClO/c1-9-3-4-10(2)12(7-9)15(18)11-5-6-14(17)13(16)8-11/h3-8,15,18H,1-2H3. The Hall–Kier alpha value is -0.830. The second-order valence-corrected chi connectivity index (χ2v) is 5.70. The Morgan fingerprint density at radius 1 is 1.11 bits per heavy atom. The molecule has 0 aliphatic rings. The van der Waals surface area contributed by atoms with Gasteiger partial charge in [-0.2, -0.15) is 0 Å². The van der Waals surface area contributed by atoms with E-state index in [2.05, 4.69) is 15.9 Å². The van der Waals surface area contributed by atoms with Gasteiger partial charge in [0.25, 0.3) is 0 Å². The van der Waals surface area contributed by atoms with Gasteiger partial charge in [-0.1, -0.05) is 41.4 Å². The van der Waals surface area contributed by atoms with Gasteiger partial charge in [-0.05, 0) is 58.6 Å². The van der Waals surface area contributed by atoms with Crippen molar-refractivity contribution in [3.05, 3.63) is 68.1 Å². The number of hydrogen-bond acceptors (Lipinski definition) is 1. The molecule has 1 unspecified atom stereocenters. The average molecular weight is 326 g/mol. The number of halogens is 2. The topological polar surface area (TPSA) is 20.2 Å². The zero-order chi connectivity index (χ0) is 13.3. The van der Waals surface area contributed by atoms with Gasteiger partial charge in [0.15, 0.2) is 0 Å². The lowest BCUT2D eigenvalue weighted by atomic mass is 9.96. The third-order valence-electron chi connectivity index (χ3n) is 2.99. The quantitative estimate of drug-likeness (QED) is 0.841. The lowest BCUT2D eigenvalue weighted by Gasteiger charge is -2.15. The summed E-state index contributed by atoms with van der Waals surface area (Å²) in [5.41, 5.74) is 3.99. The van der Waals surface area contributed by atoms with Gasteiger partial charge < -0.3 is 5.11 Å². The van der Waals surface area contributed by atoms with Gasteiger partial charge >= 0.3 is 0 Å². The maximum Gasteiger partial charge on any atom is 0.104 e. The molecule has 2 rings (SSSR count). The first-order valence-electron chi connectivity index (χ1n) is 5.69. The van der Waals surface area contributed by atoms with E-state index in [-0.39, 0.29) is 0 Å². The molecule has 0 bridgehead atoms. The molecule has 94 valence electrons. The molecule has 0 aromatic heterocycles. The Labute approximate surface area is 121 Å². The molecule has 0 saturated heterocycles. The number of aryl methyl sites for hydroxylation is 2. The normalized spacial score (nSPS) is 12.5. The van der Waals surface area contributed by atoms with E-state index >= 15 is 0 Å². The molecule has 0 amide bonds. The minimum atomic E-state index is -0.626. The Morgan fingerprint density at radius 2 is 1.83 bits per heavy atom. The fourth-order valence-electron chi connectivity index (χ4n) is 1.92. The molecule has 0 spiro atoms. The Morgan fingerprint density at radius 3 is 2.50 bits per heavy atom. The van der Waals surface area contributed by atoms with E-state index in [1.165, 1.54) is 0 Å². The van der Waals surface area contributed by atoms with E-state index in [0.29, 0.717) is 5.02 Å². The van der Waals surface area contributed by atoms with Crippen molar-refractivity contribution in [2.24, 2.45) is 0 Å². The summed E-state index contributed by atoms with van der Waals surface area (Å²) >= 11 is 9.34. The highest BCUT2D eigenvalue weighted by molar-refractivity contribution is 9.10. The summed E-state index contributed by atoms with van der Waals surface area (Å²) in [6.45, 7) is 4.02. The maximum absolute atomic E-state index is 10.4. The molecule has 0 aliphatic carbocycles. The second kappa shape index (κ2) is 5.43. The maximum atomic E-state index is 10.4. The van der Waals surface area contributed by atoms with Crippen LogP contribution in [0.2, 0.25) is 5.02 Å². The van der Waals surface area contributed by atoms with Gasteiger partial charge in [-0.3, -0.25) is 0 Å². The minimum Gasteiger partial charge on any atom is -0.384 e. The van der Waals surface area contributed by atoms with Crippen molar-refractivity contribution in [2.45, 2.75) is 20.0 Å². The number of benzene rings is 2. The van der Waals surface area contributed by atoms with Gasteiger partial charge in [-0.15, -0.1) is 0 Å². The van der Waals surface area contributed by atoms with Crippen molar-refractivity contribution in [3.8, 4) is 0 Å². The summed E-state index contributed by atoms with van der Waals surface area (Å²) in [7, 11) is 0. The van der Waals surface area contributed by atoms with Crippen LogP contribution in [0.1, 0.15) is 28.4 Å². The van der Waals surface area contributed by atoms with Crippen molar-refractivity contribution in [3.63, 3.8) is 0 Å². The van der Waals surface area contributed by atoms with Crippen LogP contribution >= 0.6 is 27.5 Å². The second-order valence-electron chi connectivity index (χ2n) is 4.44. The van der Waals surface area contributed by atoms with Crippen LogP contribution in [0.3, 0.4) is 0 Å². The van der Waals surface area contributed by atoms with Crippen LogP contribution in [-0.2, 0) is 0 Å². The molecule has 1 nitrogen and oxygen atoms in total. The molecule has 2 aromatic carbocycles. The summed E-state index contributed by atoms with van der Waals surface area (Å²) < 4.78 is 0.797. The monoisotopic (exact) mass is 324 g/mol. The van der Waals surface area contributed by atoms with Crippen molar-refractivity contribution < 1.29 is 5.11 Å². The largest absolute Gasteiger partial charge is 0.384 e. The summed E-state index contributed by atoms with van der Waals surface area (Å²) in [5, 5.41) is 11.1. The predicted octanol–water partition coefficient (Wildman–Crippen LogP) is 4.80. The number of hydrogen-bond donors (Lipinski definition) is 1. The molecule has 1 N–H and O–H groups in total. The fraction of sp³-hybridized carbons (Fsp3) is 0.200. The average Bonchev–Trinajstić information content (AvgIpc) is 2.35. The predicted molar refractivity (Wildman–Crippen MR) is 79.1 cm³/mol. The van der Waals surface area contributed by atoms with Crippen LogP contribution in [0.4, 0.5) is 0 Å². The van der Waals surface area contributed by atoms with Crippen molar-refractivity contribution in [1.82, 2.24) is 0 Å². The van der Waals surface area contributed by atoms with Crippen LogP contribution in [0.25, 0.3) is 0 Å².